The van der Waals surface area contributed by atoms with Gasteiger partial charge in [0.25, 0.3) is 11.8 Å². The normalized spacial score (nSPS) is 36.5. The lowest BCUT2D eigenvalue weighted by Crippen LogP contribution is -2.79. The van der Waals surface area contributed by atoms with Gasteiger partial charge in [-0.05, 0) is 37.8 Å². The standard InChI is InChI=1S/C24H24N4O2/c29-21-23(15-7-1-3-9-17(15)25-21)24(16-8-2-4-10-18(16)26-22(24)30)28-14-6-12-20(28)19-11-5-13-27(19)23/h1-4,7-10,19-20H,5-6,11-14H2,(H,25,29)(H,26,30)/t19-,20-,23-,24-/m1/s1. The minimum absolute atomic E-state index is 0.0622. The topological polar surface area (TPSA) is 64.7 Å². The van der Waals surface area contributed by atoms with E-state index < -0.39 is 11.1 Å². The molecular formula is C24H24N4O2. The van der Waals surface area contributed by atoms with E-state index in [2.05, 4.69) is 32.6 Å². The molecule has 30 heavy (non-hydrogen) atoms. The van der Waals surface area contributed by atoms with Crippen LogP contribution in [0.15, 0.2) is 48.5 Å². The molecule has 0 radical (unpaired) electrons. The molecule has 5 aliphatic heterocycles. The average Bonchev–Trinajstić information content (AvgIpc) is 3.51. The predicted molar refractivity (Wildman–Crippen MR) is 113 cm³/mol. The van der Waals surface area contributed by atoms with Crippen LogP contribution in [-0.2, 0) is 20.7 Å². The molecule has 0 saturated carbocycles. The van der Waals surface area contributed by atoms with Crippen molar-refractivity contribution in [3.63, 3.8) is 0 Å². The third-order valence-corrected chi connectivity index (χ3v) is 8.22. The third kappa shape index (κ3) is 1.61. The fourth-order valence-electron chi connectivity index (χ4n) is 7.41. The minimum atomic E-state index is -1.05. The number of amides is 2. The molecular weight excluding hydrogens is 376 g/mol. The first-order valence-electron chi connectivity index (χ1n) is 11.1. The Labute approximate surface area is 175 Å². The Kier molecular flexibility index (Phi) is 3.12. The van der Waals surface area contributed by atoms with Gasteiger partial charge in [0.1, 0.15) is 0 Å². The molecule has 5 aliphatic rings. The molecule has 0 unspecified atom stereocenters. The highest BCUT2D eigenvalue weighted by atomic mass is 16.2. The highest BCUT2D eigenvalue weighted by Gasteiger charge is 2.78. The predicted octanol–water partition coefficient (Wildman–Crippen LogP) is 2.62. The van der Waals surface area contributed by atoms with Crippen LogP contribution in [0.25, 0.3) is 0 Å². The number of carbonyl (C=O) groups excluding carboxylic acids is 2. The van der Waals surface area contributed by atoms with Crippen LogP contribution < -0.4 is 10.6 Å². The maximum atomic E-state index is 14.1. The van der Waals surface area contributed by atoms with Crippen LogP contribution in [0, 0.1) is 0 Å². The van der Waals surface area contributed by atoms with Crippen LogP contribution in [0.2, 0.25) is 0 Å². The van der Waals surface area contributed by atoms with E-state index in [4.69, 9.17) is 0 Å². The Bertz CT molecular complexity index is 1030. The summed E-state index contributed by atoms with van der Waals surface area (Å²) >= 11 is 0. The smallest absolute Gasteiger partial charge is 0.252 e. The lowest BCUT2D eigenvalue weighted by Gasteiger charge is -2.61. The van der Waals surface area contributed by atoms with Gasteiger partial charge in [0.2, 0.25) is 0 Å². The summed E-state index contributed by atoms with van der Waals surface area (Å²) in [6.45, 7) is 1.68. The fourth-order valence-corrected chi connectivity index (χ4v) is 7.41. The molecule has 0 aromatic heterocycles. The Balaban J connectivity index is 1.64. The van der Waals surface area contributed by atoms with E-state index in [0.717, 1.165) is 61.3 Å². The van der Waals surface area contributed by atoms with Crippen molar-refractivity contribution in [3.05, 3.63) is 59.7 Å². The van der Waals surface area contributed by atoms with E-state index in [1.165, 1.54) is 0 Å². The Morgan fingerprint density at radius 2 is 1.13 bits per heavy atom. The molecule has 2 N–H and O–H groups in total. The van der Waals surface area contributed by atoms with Gasteiger partial charge < -0.3 is 10.6 Å². The van der Waals surface area contributed by atoms with E-state index in [1.54, 1.807) is 0 Å². The lowest BCUT2D eigenvalue weighted by molar-refractivity contribution is -0.178. The summed E-state index contributed by atoms with van der Waals surface area (Å²) in [5.41, 5.74) is 1.45. The van der Waals surface area contributed by atoms with Gasteiger partial charge in [-0.2, -0.15) is 0 Å². The van der Waals surface area contributed by atoms with Gasteiger partial charge in [0, 0.05) is 47.7 Å². The van der Waals surface area contributed by atoms with Crippen LogP contribution >= 0.6 is 0 Å². The highest BCUT2D eigenvalue weighted by Crippen LogP contribution is 2.64. The van der Waals surface area contributed by atoms with Gasteiger partial charge >= 0.3 is 0 Å². The number of rotatable bonds is 0. The number of piperazine rings is 1. The van der Waals surface area contributed by atoms with Gasteiger partial charge in [-0.3, -0.25) is 19.4 Å². The van der Waals surface area contributed by atoms with Gasteiger partial charge in [-0.25, -0.2) is 0 Å². The summed E-state index contributed by atoms with van der Waals surface area (Å²) in [5.74, 6) is -0.124. The van der Waals surface area contributed by atoms with Crippen molar-refractivity contribution in [1.82, 2.24) is 9.80 Å². The molecule has 2 spiro atoms. The summed E-state index contributed by atoms with van der Waals surface area (Å²) in [6.07, 6.45) is 4.28. The second-order valence-electron chi connectivity index (χ2n) is 9.23. The maximum Gasteiger partial charge on any atom is 0.252 e. The van der Waals surface area contributed by atoms with E-state index in [1.807, 2.05) is 36.4 Å². The molecule has 2 aromatic carbocycles. The molecule has 0 aliphatic carbocycles. The molecule has 152 valence electrons. The van der Waals surface area contributed by atoms with Crippen molar-refractivity contribution in [1.29, 1.82) is 0 Å². The molecule has 5 heterocycles. The molecule has 6 heteroatoms. The maximum absolute atomic E-state index is 14.1. The van der Waals surface area contributed by atoms with Crippen molar-refractivity contribution in [2.24, 2.45) is 0 Å². The first-order chi connectivity index (χ1) is 14.7. The Morgan fingerprint density at radius 3 is 1.60 bits per heavy atom. The number of nitrogens with one attached hydrogen (secondary N) is 2. The van der Waals surface area contributed by atoms with Crippen molar-refractivity contribution >= 4 is 23.2 Å². The zero-order chi connectivity index (χ0) is 20.1. The molecule has 2 amide bonds. The van der Waals surface area contributed by atoms with E-state index in [0.29, 0.717) is 12.1 Å². The van der Waals surface area contributed by atoms with E-state index >= 15 is 0 Å². The lowest BCUT2D eigenvalue weighted by atomic mass is 9.64. The van der Waals surface area contributed by atoms with Crippen LogP contribution in [0.4, 0.5) is 11.4 Å². The van der Waals surface area contributed by atoms with Crippen LogP contribution in [0.1, 0.15) is 36.8 Å². The number of para-hydroxylation sites is 2. The summed E-state index contributed by atoms with van der Waals surface area (Å²) in [5, 5.41) is 6.33. The Hall–Kier alpha value is -2.70. The van der Waals surface area contributed by atoms with Crippen molar-refractivity contribution in [2.45, 2.75) is 48.8 Å². The quantitative estimate of drug-likeness (QED) is 0.714. The SMILES string of the molecule is O=C1Nc2ccccc2[C@@]12N1CCC[C@@H]1[C@H]1CCCN1[C@]21C(=O)Nc2ccccc21. The zero-order valence-corrected chi connectivity index (χ0v) is 16.7. The molecule has 3 fully saturated rings. The van der Waals surface area contributed by atoms with Crippen molar-refractivity contribution in [2.75, 3.05) is 23.7 Å². The summed E-state index contributed by atoms with van der Waals surface area (Å²) in [6, 6.07) is 16.5. The van der Waals surface area contributed by atoms with Crippen LogP contribution in [-0.4, -0.2) is 46.8 Å². The van der Waals surface area contributed by atoms with Crippen LogP contribution in [0.5, 0.6) is 0 Å². The number of anilines is 2. The van der Waals surface area contributed by atoms with Gasteiger partial charge in [0.05, 0.1) is 0 Å². The molecule has 3 saturated heterocycles. The largest absolute Gasteiger partial charge is 0.324 e. The first kappa shape index (κ1) is 17.0. The second-order valence-corrected chi connectivity index (χ2v) is 9.23. The minimum Gasteiger partial charge on any atom is -0.324 e. The zero-order valence-electron chi connectivity index (χ0n) is 16.7. The number of hydrogen-bond acceptors (Lipinski definition) is 4. The fraction of sp³-hybridized carbons (Fsp3) is 0.417. The van der Waals surface area contributed by atoms with E-state index in [9.17, 15) is 9.59 Å². The number of benzene rings is 2. The monoisotopic (exact) mass is 400 g/mol. The number of hydrogen-bond donors (Lipinski definition) is 2. The molecule has 6 nitrogen and oxygen atoms in total. The van der Waals surface area contributed by atoms with Crippen molar-refractivity contribution < 1.29 is 9.59 Å². The number of nitrogens with zero attached hydrogens (tertiary/aromatic N) is 2. The average molecular weight is 400 g/mol. The Morgan fingerprint density at radius 1 is 0.700 bits per heavy atom. The number of fused-ring (bicyclic) bond motifs is 10. The number of carbonyl (C=O) groups is 2. The van der Waals surface area contributed by atoms with Crippen molar-refractivity contribution in [3.8, 4) is 0 Å². The molecule has 7 rings (SSSR count). The summed E-state index contributed by atoms with van der Waals surface area (Å²) in [7, 11) is 0. The highest BCUT2D eigenvalue weighted by molar-refractivity contribution is 6.17. The first-order valence-corrected chi connectivity index (χ1v) is 11.1. The van der Waals surface area contributed by atoms with Crippen LogP contribution in [0.3, 0.4) is 0 Å². The summed E-state index contributed by atoms with van der Waals surface area (Å²) < 4.78 is 0. The third-order valence-electron chi connectivity index (χ3n) is 8.22. The molecule has 4 atom stereocenters. The second kappa shape index (κ2) is 5.50. The van der Waals surface area contributed by atoms with E-state index in [-0.39, 0.29) is 11.8 Å². The molecule has 0 bridgehead atoms. The van der Waals surface area contributed by atoms with Gasteiger partial charge in [-0.1, -0.05) is 36.4 Å². The molecule has 2 aromatic rings. The van der Waals surface area contributed by atoms with Gasteiger partial charge in [-0.15, -0.1) is 0 Å². The summed E-state index contributed by atoms with van der Waals surface area (Å²) in [4.78, 5) is 33.0. The van der Waals surface area contributed by atoms with Gasteiger partial charge in [0.15, 0.2) is 11.1 Å².